The summed E-state index contributed by atoms with van der Waals surface area (Å²) >= 11 is 0. The van der Waals surface area contributed by atoms with Crippen LogP contribution in [-0.2, 0) is 22.6 Å². The van der Waals surface area contributed by atoms with E-state index in [4.69, 9.17) is 4.74 Å². The van der Waals surface area contributed by atoms with Crippen molar-refractivity contribution in [1.82, 2.24) is 19.6 Å². The first-order valence-electron chi connectivity index (χ1n) is 6.55. The molecule has 1 aliphatic rings. The second kappa shape index (κ2) is 6.16. The number of methoxy groups -OCH3 is 1. The van der Waals surface area contributed by atoms with Crippen LogP contribution in [0.3, 0.4) is 0 Å². The molecule has 0 radical (unpaired) electrons. The zero-order chi connectivity index (χ0) is 13.8. The van der Waals surface area contributed by atoms with Gasteiger partial charge in [0.2, 0.25) is 5.91 Å². The number of ether oxygens (including phenoxy) is 1. The van der Waals surface area contributed by atoms with E-state index in [1.807, 2.05) is 34.6 Å². The van der Waals surface area contributed by atoms with E-state index < -0.39 is 0 Å². The molecule has 0 bridgehead atoms. The van der Waals surface area contributed by atoms with Gasteiger partial charge in [-0.25, -0.2) is 0 Å². The minimum atomic E-state index is 0.124. The van der Waals surface area contributed by atoms with Crippen LogP contribution >= 0.6 is 0 Å². The molecule has 106 valence electrons. The lowest BCUT2D eigenvalue weighted by Gasteiger charge is -2.30. The summed E-state index contributed by atoms with van der Waals surface area (Å²) in [6, 6.07) is 2.10. The maximum Gasteiger partial charge on any atom is 0.237 e. The minimum Gasteiger partial charge on any atom is -0.383 e. The Morgan fingerprint density at radius 3 is 3.05 bits per heavy atom. The number of likely N-dealkylation sites (N-methyl/N-ethyl adjacent to an activating group) is 1. The fourth-order valence-corrected chi connectivity index (χ4v) is 2.45. The van der Waals surface area contributed by atoms with Crippen molar-refractivity contribution in [3.63, 3.8) is 0 Å². The second-order valence-corrected chi connectivity index (χ2v) is 5.20. The molecule has 0 N–H and O–H groups in total. The lowest BCUT2D eigenvalue weighted by molar-refractivity contribution is -0.136. The Kier molecular flexibility index (Phi) is 4.55. The highest BCUT2D eigenvalue weighted by Crippen LogP contribution is 2.17. The van der Waals surface area contributed by atoms with Crippen LogP contribution < -0.4 is 0 Å². The van der Waals surface area contributed by atoms with Gasteiger partial charge >= 0.3 is 0 Å². The molecule has 0 fully saturated rings. The molecule has 1 unspecified atom stereocenters. The number of carbonyl (C=O) groups excluding carboxylic acids is 1. The summed E-state index contributed by atoms with van der Waals surface area (Å²) in [5, 5.41) is 4.29. The molecule has 19 heavy (non-hydrogen) atoms. The van der Waals surface area contributed by atoms with E-state index in [0.29, 0.717) is 19.7 Å². The summed E-state index contributed by atoms with van der Waals surface area (Å²) in [7, 11) is 5.49. The molecule has 2 rings (SSSR count). The molecular weight excluding hydrogens is 244 g/mol. The van der Waals surface area contributed by atoms with Gasteiger partial charge in [0.15, 0.2) is 0 Å². The Labute approximate surface area is 113 Å². The number of aromatic nitrogens is 2. The molecule has 6 heteroatoms. The van der Waals surface area contributed by atoms with Gasteiger partial charge < -0.3 is 14.5 Å². The van der Waals surface area contributed by atoms with Crippen LogP contribution in [0.15, 0.2) is 12.3 Å². The Bertz CT molecular complexity index is 430. The fraction of sp³-hybridized carbons (Fsp3) is 0.692. The van der Waals surface area contributed by atoms with Crippen molar-refractivity contribution < 1.29 is 9.53 Å². The predicted octanol–water partition coefficient (Wildman–Crippen LogP) is 0.192. The summed E-state index contributed by atoms with van der Waals surface area (Å²) in [5.41, 5.74) is 1.09. The predicted molar refractivity (Wildman–Crippen MR) is 71.6 cm³/mol. The minimum absolute atomic E-state index is 0.124. The van der Waals surface area contributed by atoms with Crippen LogP contribution in [0.5, 0.6) is 0 Å². The number of aryl methyl sites for hydroxylation is 1. The van der Waals surface area contributed by atoms with E-state index >= 15 is 0 Å². The molecule has 0 aliphatic carbocycles. The zero-order valence-corrected chi connectivity index (χ0v) is 11.9. The first kappa shape index (κ1) is 14.0. The summed E-state index contributed by atoms with van der Waals surface area (Å²) in [6.45, 7) is 2.45. The van der Waals surface area contributed by atoms with Crippen molar-refractivity contribution in [2.24, 2.45) is 0 Å². The molecule has 0 saturated carbocycles. The van der Waals surface area contributed by atoms with Crippen molar-refractivity contribution >= 4 is 5.91 Å². The Balaban J connectivity index is 2.16. The first-order valence-corrected chi connectivity index (χ1v) is 6.55. The average Bonchev–Trinajstić information content (AvgIpc) is 2.71. The summed E-state index contributed by atoms with van der Waals surface area (Å²) < 4.78 is 7.24. The highest BCUT2D eigenvalue weighted by Gasteiger charge is 2.27. The number of fused-ring (bicyclic) bond motifs is 1. The lowest BCUT2D eigenvalue weighted by Crippen LogP contribution is -2.45. The van der Waals surface area contributed by atoms with Crippen LogP contribution in [0.1, 0.15) is 12.1 Å². The molecule has 1 atom stereocenters. The molecule has 6 nitrogen and oxygen atoms in total. The number of amides is 1. The number of nitrogens with zero attached hydrogens (tertiary/aromatic N) is 4. The SMILES string of the molecule is COCC1CCn2nccc2CN1C(=O)CN(C)C. The molecule has 1 aliphatic heterocycles. The van der Waals surface area contributed by atoms with Gasteiger partial charge in [0.1, 0.15) is 0 Å². The third-order valence-electron chi connectivity index (χ3n) is 3.38. The number of hydrogen-bond acceptors (Lipinski definition) is 4. The maximum atomic E-state index is 12.4. The van der Waals surface area contributed by atoms with Gasteiger partial charge in [-0.2, -0.15) is 5.10 Å². The highest BCUT2D eigenvalue weighted by molar-refractivity contribution is 5.78. The van der Waals surface area contributed by atoms with E-state index in [0.717, 1.165) is 18.7 Å². The van der Waals surface area contributed by atoms with E-state index in [-0.39, 0.29) is 11.9 Å². The third kappa shape index (κ3) is 3.33. The Hall–Kier alpha value is -1.40. The normalized spacial score (nSPS) is 19.4. The van der Waals surface area contributed by atoms with Crippen LogP contribution in [0, 0.1) is 0 Å². The van der Waals surface area contributed by atoms with Crippen LogP contribution in [0.2, 0.25) is 0 Å². The summed E-state index contributed by atoms with van der Waals surface area (Å²) in [4.78, 5) is 16.2. The highest BCUT2D eigenvalue weighted by atomic mass is 16.5. The Morgan fingerprint density at radius 1 is 1.58 bits per heavy atom. The van der Waals surface area contributed by atoms with Crippen molar-refractivity contribution in [1.29, 1.82) is 0 Å². The van der Waals surface area contributed by atoms with Gasteiger partial charge in [0.05, 0.1) is 31.4 Å². The van der Waals surface area contributed by atoms with E-state index in [1.165, 1.54) is 0 Å². The maximum absolute atomic E-state index is 12.4. The monoisotopic (exact) mass is 266 g/mol. The largest absolute Gasteiger partial charge is 0.383 e. The van der Waals surface area contributed by atoms with E-state index in [9.17, 15) is 4.79 Å². The lowest BCUT2D eigenvalue weighted by atomic mass is 10.2. The second-order valence-electron chi connectivity index (χ2n) is 5.20. The molecule has 0 spiro atoms. The fourth-order valence-electron chi connectivity index (χ4n) is 2.45. The molecular formula is C13H22N4O2. The van der Waals surface area contributed by atoms with Gasteiger partial charge in [-0.3, -0.25) is 9.48 Å². The standard InChI is InChI=1S/C13H22N4O2/c1-15(2)9-13(18)16-8-11-4-6-14-17(11)7-5-12(16)10-19-3/h4,6,12H,5,7-10H2,1-3H3. The average molecular weight is 266 g/mol. The van der Waals surface area contributed by atoms with Gasteiger partial charge in [-0.05, 0) is 26.6 Å². The third-order valence-corrected chi connectivity index (χ3v) is 3.38. The van der Waals surface area contributed by atoms with Crippen molar-refractivity contribution in [3.8, 4) is 0 Å². The first-order chi connectivity index (χ1) is 9.11. The summed E-state index contributed by atoms with van der Waals surface area (Å²) in [5.74, 6) is 0.140. The van der Waals surface area contributed by atoms with Crippen molar-refractivity contribution in [2.75, 3.05) is 34.4 Å². The number of hydrogen-bond donors (Lipinski definition) is 0. The zero-order valence-electron chi connectivity index (χ0n) is 11.9. The Morgan fingerprint density at radius 2 is 2.37 bits per heavy atom. The summed E-state index contributed by atoms with van der Waals surface area (Å²) in [6.07, 6.45) is 2.67. The topological polar surface area (TPSA) is 50.6 Å². The number of rotatable bonds is 4. The molecule has 0 aromatic carbocycles. The molecule has 0 saturated heterocycles. The van der Waals surface area contributed by atoms with E-state index in [2.05, 4.69) is 5.10 Å². The van der Waals surface area contributed by atoms with Gasteiger partial charge in [0.25, 0.3) is 0 Å². The van der Waals surface area contributed by atoms with Crippen molar-refractivity contribution in [2.45, 2.75) is 25.6 Å². The van der Waals surface area contributed by atoms with Crippen molar-refractivity contribution in [3.05, 3.63) is 18.0 Å². The van der Waals surface area contributed by atoms with Gasteiger partial charge in [-0.15, -0.1) is 0 Å². The van der Waals surface area contributed by atoms with Gasteiger partial charge in [-0.1, -0.05) is 0 Å². The molecule has 1 aromatic rings. The van der Waals surface area contributed by atoms with E-state index in [1.54, 1.807) is 13.3 Å². The smallest absolute Gasteiger partial charge is 0.237 e. The van der Waals surface area contributed by atoms with Crippen LogP contribution in [0.4, 0.5) is 0 Å². The number of carbonyl (C=O) groups is 1. The van der Waals surface area contributed by atoms with Crippen LogP contribution in [-0.4, -0.2) is 65.9 Å². The molecule has 2 heterocycles. The van der Waals surface area contributed by atoms with Crippen LogP contribution in [0.25, 0.3) is 0 Å². The molecule has 1 aromatic heterocycles. The quantitative estimate of drug-likeness (QED) is 0.781. The molecule has 1 amide bonds. The van der Waals surface area contributed by atoms with Gasteiger partial charge in [0, 0.05) is 19.9 Å².